The van der Waals surface area contributed by atoms with Crippen LogP contribution in [0, 0.1) is 17.8 Å². The van der Waals surface area contributed by atoms with Gasteiger partial charge >= 0.3 is 9.53 Å². The van der Waals surface area contributed by atoms with Crippen molar-refractivity contribution in [1.82, 2.24) is 0 Å². The van der Waals surface area contributed by atoms with Crippen LogP contribution in [0.25, 0.3) is 0 Å². The number of rotatable bonds is 7. The summed E-state index contributed by atoms with van der Waals surface area (Å²) in [5, 5.41) is 0. The Morgan fingerprint density at radius 1 is 1.05 bits per heavy atom. The van der Waals surface area contributed by atoms with Crippen molar-refractivity contribution >= 4 is 9.53 Å². The predicted molar refractivity (Wildman–Crippen MR) is 77.6 cm³/mol. The molecular weight excluding hydrogens is 276 g/mol. The summed E-state index contributed by atoms with van der Waals surface area (Å²) < 4.78 is 25.0. The summed E-state index contributed by atoms with van der Waals surface area (Å²) in [5.74, 6) is 2.50. The van der Waals surface area contributed by atoms with Gasteiger partial charge in [-0.05, 0) is 30.6 Å². The topological polar surface area (TPSA) is 49.5 Å². The van der Waals surface area contributed by atoms with Crippen LogP contribution in [0.15, 0.2) is 12.2 Å². The molecule has 0 radical (unpaired) electrons. The van der Waals surface area contributed by atoms with Gasteiger partial charge in [0.15, 0.2) is 0 Å². The average Bonchev–Trinajstić information content (AvgIpc) is 3.06. The molecule has 0 aromatic carbocycles. The number of fused-ring (bicyclic) bond motifs is 2. The molecule has 1 aliphatic heterocycles. The third-order valence-electron chi connectivity index (χ3n) is 4.03. The lowest BCUT2D eigenvalue weighted by Crippen LogP contribution is -2.21. The van der Waals surface area contributed by atoms with Gasteiger partial charge in [-0.25, -0.2) is 0 Å². The molecule has 0 aromatic heterocycles. The molecule has 0 N–H and O–H groups in total. The minimum atomic E-state index is -1.67. The molecule has 3 rings (SSSR count). The van der Waals surface area contributed by atoms with Crippen LogP contribution in [-0.2, 0) is 22.8 Å². The molecule has 6 heteroatoms. The van der Waals surface area contributed by atoms with Crippen LogP contribution in [0.3, 0.4) is 0 Å². The predicted octanol–water partition coefficient (Wildman–Crippen LogP) is 1.26. The van der Waals surface area contributed by atoms with E-state index in [4.69, 9.17) is 22.8 Å². The third kappa shape index (κ3) is 4.94. The summed E-state index contributed by atoms with van der Waals surface area (Å²) >= 11 is 0. The first kappa shape index (κ1) is 16.1. The molecule has 3 aliphatic rings. The van der Waals surface area contributed by atoms with Gasteiger partial charge in [-0.1, -0.05) is 12.2 Å². The second-order valence-electron chi connectivity index (χ2n) is 5.53. The van der Waals surface area contributed by atoms with E-state index in [-0.39, 0.29) is 0 Å². The van der Waals surface area contributed by atoms with E-state index in [2.05, 4.69) is 12.2 Å². The van der Waals surface area contributed by atoms with Crippen molar-refractivity contribution < 1.29 is 22.8 Å². The van der Waals surface area contributed by atoms with Gasteiger partial charge in [0.2, 0.25) is 0 Å². The van der Waals surface area contributed by atoms with Gasteiger partial charge in [-0.15, -0.1) is 0 Å². The number of allylic oxidation sites excluding steroid dienone is 2. The van der Waals surface area contributed by atoms with Crippen LogP contribution in [0.1, 0.15) is 12.8 Å². The Kier molecular flexibility index (Phi) is 6.66. The lowest BCUT2D eigenvalue weighted by molar-refractivity contribution is 0.0784. The lowest BCUT2D eigenvalue weighted by atomic mass is 9.95. The molecule has 2 fully saturated rings. The van der Waals surface area contributed by atoms with E-state index in [1.54, 1.807) is 21.3 Å². The maximum Gasteiger partial charge on any atom is 0.483 e. The summed E-state index contributed by atoms with van der Waals surface area (Å²) in [6, 6.07) is 0. The molecule has 0 spiro atoms. The normalized spacial score (nSPS) is 33.4. The van der Waals surface area contributed by atoms with E-state index in [1.165, 1.54) is 12.8 Å². The number of ether oxygens (including phenoxy) is 2. The smallest absolute Gasteiger partial charge is 0.379 e. The molecule has 1 saturated heterocycles. The van der Waals surface area contributed by atoms with E-state index < -0.39 is 9.53 Å². The zero-order valence-electron chi connectivity index (χ0n) is 12.6. The standard InChI is InChI=1S/C11H16O2.C3H10O3Si/c1-2-9-3-8(1)4-10(9)5-12-6-11-7-13-11;1-4-7(5-2)6-3/h1-2,8-11H,3-7H2;7H,1-3H3. The van der Waals surface area contributed by atoms with Crippen LogP contribution >= 0.6 is 0 Å². The summed E-state index contributed by atoms with van der Waals surface area (Å²) in [7, 11) is 3.05. The second-order valence-corrected chi connectivity index (χ2v) is 7.52. The molecule has 20 heavy (non-hydrogen) atoms. The number of epoxide rings is 1. The number of hydrogen-bond donors (Lipinski definition) is 0. The summed E-state index contributed by atoms with van der Waals surface area (Å²) in [4.78, 5) is 0. The van der Waals surface area contributed by atoms with Crippen molar-refractivity contribution in [2.45, 2.75) is 18.9 Å². The maximum absolute atomic E-state index is 5.64. The zero-order chi connectivity index (χ0) is 14.4. The van der Waals surface area contributed by atoms with Crippen LogP contribution in [0.5, 0.6) is 0 Å². The van der Waals surface area contributed by atoms with Crippen LogP contribution in [0.4, 0.5) is 0 Å². The monoisotopic (exact) mass is 302 g/mol. The van der Waals surface area contributed by atoms with Gasteiger partial charge < -0.3 is 22.8 Å². The number of hydrogen-bond acceptors (Lipinski definition) is 5. The van der Waals surface area contributed by atoms with E-state index in [0.717, 1.165) is 37.6 Å². The minimum absolute atomic E-state index is 0.425. The van der Waals surface area contributed by atoms with Crippen LogP contribution < -0.4 is 0 Å². The Balaban J connectivity index is 0.000000182. The highest BCUT2D eigenvalue weighted by Gasteiger charge is 2.35. The molecule has 4 atom stereocenters. The Labute approximate surface area is 123 Å². The zero-order valence-corrected chi connectivity index (χ0v) is 13.8. The molecule has 1 saturated carbocycles. The first-order valence-electron chi connectivity index (χ1n) is 7.22. The lowest BCUT2D eigenvalue weighted by Gasteiger charge is -2.17. The van der Waals surface area contributed by atoms with Crippen LogP contribution in [-0.4, -0.2) is 56.8 Å². The fourth-order valence-corrected chi connectivity index (χ4v) is 3.47. The third-order valence-corrected chi connectivity index (χ3v) is 5.19. The van der Waals surface area contributed by atoms with Gasteiger partial charge in [0, 0.05) is 21.3 Å². The van der Waals surface area contributed by atoms with Gasteiger partial charge in [0.25, 0.3) is 0 Å². The van der Waals surface area contributed by atoms with E-state index in [0.29, 0.717) is 6.10 Å². The molecule has 1 heterocycles. The first-order valence-corrected chi connectivity index (χ1v) is 8.64. The Morgan fingerprint density at radius 3 is 2.15 bits per heavy atom. The first-order chi connectivity index (χ1) is 9.76. The Bertz CT molecular complexity index is 298. The van der Waals surface area contributed by atoms with Crippen molar-refractivity contribution in [3.05, 3.63) is 12.2 Å². The summed E-state index contributed by atoms with van der Waals surface area (Å²) in [6.45, 7) is 2.68. The largest absolute Gasteiger partial charge is 0.483 e. The van der Waals surface area contributed by atoms with Crippen molar-refractivity contribution in [3.63, 3.8) is 0 Å². The molecule has 0 amide bonds. The highest BCUT2D eigenvalue weighted by Crippen LogP contribution is 2.43. The minimum Gasteiger partial charge on any atom is -0.379 e. The van der Waals surface area contributed by atoms with Gasteiger partial charge in [-0.3, -0.25) is 0 Å². The van der Waals surface area contributed by atoms with Crippen molar-refractivity contribution in [1.29, 1.82) is 0 Å². The highest BCUT2D eigenvalue weighted by molar-refractivity contribution is 6.36. The SMILES string of the molecule is C1=CC2CC1CC2COCC1CO1.CO[SiH](OC)OC. The van der Waals surface area contributed by atoms with Crippen molar-refractivity contribution in [2.24, 2.45) is 17.8 Å². The summed E-state index contributed by atoms with van der Waals surface area (Å²) in [6.07, 6.45) is 7.93. The molecule has 0 aromatic rings. The molecule has 116 valence electrons. The second kappa shape index (κ2) is 8.26. The fourth-order valence-electron chi connectivity index (χ4n) is 2.89. The van der Waals surface area contributed by atoms with Crippen molar-refractivity contribution in [3.8, 4) is 0 Å². The van der Waals surface area contributed by atoms with Gasteiger partial charge in [0.1, 0.15) is 6.10 Å². The van der Waals surface area contributed by atoms with Crippen molar-refractivity contribution in [2.75, 3.05) is 41.2 Å². The van der Waals surface area contributed by atoms with E-state index in [1.807, 2.05) is 0 Å². The molecule has 4 unspecified atom stereocenters. The quantitative estimate of drug-likeness (QED) is 0.402. The highest BCUT2D eigenvalue weighted by atomic mass is 28.3. The average molecular weight is 302 g/mol. The molecule has 5 nitrogen and oxygen atoms in total. The maximum atomic E-state index is 5.64. The fraction of sp³-hybridized carbons (Fsp3) is 0.857. The Hall–Kier alpha value is -0.243. The molecule has 2 aliphatic carbocycles. The van der Waals surface area contributed by atoms with Crippen LogP contribution in [0.2, 0.25) is 0 Å². The molecule has 2 bridgehead atoms. The van der Waals surface area contributed by atoms with Gasteiger partial charge in [-0.2, -0.15) is 0 Å². The van der Waals surface area contributed by atoms with Gasteiger partial charge in [0.05, 0.1) is 19.8 Å². The molecular formula is C14H26O5Si. The summed E-state index contributed by atoms with van der Waals surface area (Å²) in [5.41, 5.74) is 0. The van der Waals surface area contributed by atoms with E-state index >= 15 is 0 Å². The Morgan fingerprint density at radius 2 is 1.75 bits per heavy atom. The van der Waals surface area contributed by atoms with E-state index in [9.17, 15) is 0 Å².